The van der Waals surface area contributed by atoms with Gasteiger partial charge in [-0.1, -0.05) is 6.92 Å². The van der Waals surface area contributed by atoms with Crippen molar-refractivity contribution in [3.8, 4) is 0 Å². The van der Waals surface area contributed by atoms with Crippen molar-refractivity contribution in [2.45, 2.75) is 44.7 Å². The van der Waals surface area contributed by atoms with Crippen molar-refractivity contribution in [3.05, 3.63) is 0 Å². The minimum atomic E-state index is -2.87. The lowest BCUT2D eigenvalue weighted by Crippen LogP contribution is -2.64. The van der Waals surface area contributed by atoms with Crippen LogP contribution in [0.2, 0.25) is 0 Å². The van der Waals surface area contributed by atoms with E-state index in [1.165, 1.54) is 19.1 Å². The summed E-state index contributed by atoms with van der Waals surface area (Å²) < 4.78 is 22.8. The zero-order valence-electron chi connectivity index (χ0n) is 11.8. The second-order valence-corrected chi connectivity index (χ2v) is 8.45. The molecular weight excluding hydrogens is 248 g/mol. The molecule has 5 heteroatoms. The van der Waals surface area contributed by atoms with Crippen LogP contribution in [0.5, 0.6) is 0 Å². The molecule has 2 unspecified atom stereocenters. The molecule has 0 aromatic rings. The average molecular weight is 274 g/mol. The summed E-state index contributed by atoms with van der Waals surface area (Å²) in [6.07, 6.45) is 5.03. The van der Waals surface area contributed by atoms with Crippen LogP contribution >= 0.6 is 0 Å². The van der Waals surface area contributed by atoms with Crippen LogP contribution in [-0.4, -0.2) is 56.5 Å². The number of nitrogens with zero attached hydrogens (tertiary/aromatic N) is 1. The molecular formula is C13H26N2O2S. The first kappa shape index (κ1) is 14.3. The molecule has 0 aromatic carbocycles. The second-order valence-electron chi connectivity index (χ2n) is 6.19. The molecule has 1 N–H and O–H groups in total. The number of piperazine rings is 1. The number of hydrogen-bond acceptors (Lipinski definition) is 4. The summed E-state index contributed by atoms with van der Waals surface area (Å²) in [4.78, 5) is 2.43. The van der Waals surface area contributed by atoms with Gasteiger partial charge in [0, 0.05) is 37.5 Å². The van der Waals surface area contributed by atoms with Gasteiger partial charge < -0.3 is 5.32 Å². The van der Waals surface area contributed by atoms with Gasteiger partial charge in [-0.15, -0.1) is 0 Å². The summed E-state index contributed by atoms with van der Waals surface area (Å²) in [6.45, 7) is 7.15. The highest BCUT2D eigenvalue weighted by Gasteiger charge is 2.47. The maximum Gasteiger partial charge on any atom is 0.148 e. The van der Waals surface area contributed by atoms with Crippen molar-refractivity contribution in [3.63, 3.8) is 0 Å². The molecule has 2 atom stereocenters. The molecule has 0 bridgehead atoms. The molecule has 1 saturated heterocycles. The second kappa shape index (κ2) is 5.10. The Morgan fingerprint density at radius 3 is 2.56 bits per heavy atom. The van der Waals surface area contributed by atoms with E-state index in [1.807, 2.05) is 0 Å². The van der Waals surface area contributed by atoms with Crippen molar-refractivity contribution >= 4 is 9.84 Å². The van der Waals surface area contributed by atoms with E-state index in [0.717, 1.165) is 25.4 Å². The number of nitrogens with one attached hydrogen (secondary N) is 1. The minimum absolute atomic E-state index is 0.163. The van der Waals surface area contributed by atoms with Crippen LogP contribution in [0.3, 0.4) is 0 Å². The largest absolute Gasteiger partial charge is 0.311 e. The quantitative estimate of drug-likeness (QED) is 0.809. The van der Waals surface area contributed by atoms with Gasteiger partial charge in [0.2, 0.25) is 0 Å². The van der Waals surface area contributed by atoms with Gasteiger partial charge >= 0.3 is 0 Å². The van der Waals surface area contributed by atoms with Crippen molar-refractivity contribution in [2.75, 3.05) is 31.6 Å². The molecule has 1 aliphatic carbocycles. The monoisotopic (exact) mass is 274 g/mol. The molecule has 0 aromatic heterocycles. The van der Waals surface area contributed by atoms with E-state index in [2.05, 4.69) is 24.1 Å². The summed E-state index contributed by atoms with van der Waals surface area (Å²) in [5.74, 6) is 1.04. The molecule has 106 valence electrons. The summed E-state index contributed by atoms with van der Waals surface area (Å²) in [6, 6.07) is 0.511. The van der Waals surface area contributed by atoms with Gasteiger partial charge in [0.1, 0.15) is 9.84 Å². The summed E-state index contributed by atoms with van der Waals surface area (Å²) >= 11 is 0. The molecule has 1 heterocycles. The molecule has 18 heavy (non-hydrogen) atoms. The van der Waals surface area contributed by atoms with Crippen molar-refractivity contribution in [2.24, 2.45) is 5.92 Å². The summed E-state index contributed by atoms with van der Waals surface area (Å²) in [5, 5.41) is 3.62. The smallest absolute Gasteiger partial charge is 0.148 e. The van der Waals surface area contributed by atoms with Gasteiger partial charge in [-0.3, -0.25) is 4.90 Å². The van der Waals surface area contributed by atoms with Gasteiger partial charge in [0.05, 0.1) is 5.75 Å². The topological polar surface area (TPSA) is 49.4 Å². The molecule has 1 aliphatic heterocycles. The van der Waals surface area contributed by atoms with E-state index in [1.54, 1.807) is 0 Å². The van der Waals surface area contributed by atoms with Crippen LogP contribution < -0.4 is 5.32 Å². The number of rotatable bonds is 5. The van der Waals surface area contributed by atoms with Crippen molar-refractivity contribution in [1.29, 1.82) is 0 Å². The first-order chi connectivity index (χ1) is 8.35. The predicted molar refractivity (Wildman–Crippen MR) is 74.5 cm³/mol. The number of sulfone groups is 1. The molecule has 0 amide bonds. The Kier molecular flexibility index (Phi) is 4.04. The molecule has 0 radical (unpaired) electrons. The Morgan fingerprint density at radius 1 is 1.39 bits per heavy atom. The number of hydrogen-bond donors (Lipinski definition) is 1. The highest BCUT2D eigenvalue weighted by Crippen LogP contribution is 2.43. The average Bonchev–Trinajstić information content (AvgIpc) is 3.11. The fourth-order valence-corrected chi connectivity index (χ4v) is 3.56. The lowest BCUT2D eigenvalue weighted by molar-refractivity contribution is 0.0398. The van der Waals surface area contributed by atoms with Crippen LogP contribution in [0.1, 0.15) is 33.1 Å². The van der Waals surface area contributed by atoms with Gasteiger partial charge in [-0.05, 0) is 32.1 Å². The van der Waals surface area contributed by atoms with Gasteiger partial charge in [-0.25, -0.2) is 8.42 Å². The normalized spacial score (nSPS) is 34.7. The van der Waals surface area contributed by atoms with E-state index in [9.17, 15) is 8.42 Å². The standard InChI is InChI=1S/C13H26N2O2S/c1-4-12-9-15(7-8-18(3,16)17)13(2,10-14-12)11-5-6-11/h11-12,14H,4-10H2,1-3H3. The fraction of sp³-hybridized carbons (Fsp3) is 1.00. The van der Waals surface area contributed by atoms with Crippen molar-refractivity contribution < 1.29 is 8.42 Å². The van der Waals surface area contributed by atoms with E-state index >= 15 is 0 Å². The molecule has 1 saturated carbocycles. The van der Waals surface area contributed by atoms with Gasteiger partial charge in [0.15, 0.2) is 0 Å². The minimum Gasteiger partial charge on any atom is -0.311 e. The molecule has 0 spiro atoms. The SMILES string of the molecule is CCC1CN(CCS(C)(=O)=O)C(C)(C2CC2)CN1. The highest BCUT2D eigenvalue weighted by atomic mass is 32.2. The maximum absolute atomic E-state index is 11.4. The summed E-state index contributed by atoms with van der Waals surface area (Å²) in [5.41, 5.74) is 0.163. The zero-order chi connectivity index (χ0) is 13.4. The van der Waals surface area contributed by atoms with E-state index in [-0.39, 0.29) is 11.3 Å². The van der Waals surface area contributed by atoms with E-state index in [0.29, 0.717) is 12.6 Å². The van der Waals surface area contributed by atoms with Crippen LogP contribution in [0.25, 0.3) is 0 Å². The predicted octanol–water partition coefficient (Wildman–Crippen LogP) is 0.884. The Morgan fingerprint density at radius 2 is 2.06 bits per heavy atom. The maximum atomic E-state index is 11.4. The Bertz CT molecular complexity index is 392. The van der Waals surface area contributed by atoms with Crippen LogP contribution in [0.4, 0.5) is 0 Å². The lowest BCUT2D eigenvalue weighted by atomic mass is 9.89. The first-order valence-electron chi connectivity index (χ1n) is 7.01. The first-order valence-corrected chi connectivity index (χ1v) is 9.07. The molecule has 2 fully saturated rings. The molecule has 2 rings (SSSR count). The Hall–Kier alpha value is -0.130. The third kappa shape index (κ3) is 3.25. The van der Waals surface area contributed by atoms with Crippen LogP contribution in [-0.2, 0) is 9.84 Å². The Balaban J connectivity index is 2.04. The van der Waals surface area contributed by atoms with Crippen molar-refractivity contribution in [1.82, 2.24) is 10.2 Å². The molecule has 2 aliphatic rings. The lowest BCUT2D eigenvalue weighted by Gasteiger charge is -2.48. The fourth-order valence-electron chi connectivity index (χ4n) is 3.01. The zero-order valence-corrected chi connectivity index (χ0v) is 12.6. The highest BCUT2D eigenvalue weighted by molar-refractivity contribution is 7.90. The third-order valence-corrected chi connectivity index (χ3v) is 5.52. The van der Waals surface area contributed by atoms with Gasteiger partial charge in [0.25, 0.3) is 0 Å². The molecule has 4 nitrogen and oxygen atoms in total. The van der Waals surface area contributed by atoms with E-state index in [4.69, 9.17) is 0 Å². The van der Waals surface area contributed by atoms with Crippen LogP contribution in [0, 0.1) is 5.92 Å². The van der Waals surface area contributed by atoms with Crippen LogP contribution in [0.15, 0.2) is 0 Å². The Labute approximate surface area is 111 Å². The summed E-state index contributed by atoms with van der Waals surface area (Å²) in [7, 11) is -2.87. The third-order valence-electron chi connectivity index (χ3n) is 4.59. The van der Waals surface area contributed by atoms with Gasteiger partial charge in [-0.2, -0.15) is 0 Å². The van der Waals surface area contributed by atoms with E-state index < -0.39 is 9.84 Å².